The number of rotatable bonds is 9. The zero-order valence-corrected chi connectivity index (χ0v) is 17.3. The van der Waals surface area contributed by atoms with Gasteiger partial charge in [-0.15, -0.1) is 12.4 Å². The lowest BCUT2D eigenvalue weighted by molar-refractivity contribution is 0.315. The number of hydrogen-bond donors (Lipinski definition) is 2. The fraction of sp³-hybridized carbons (Fsp3) is 0.238. The minimum absolute atomic E-state index is 0. The Hall–Kier alpha value is -2.50. The maximum atomic E-state index is 5.86. The fourth-order valence-corrected chi connectivity index (χ4v) is 2.65. The van der Waals surface area contributed by atoms with Gasteiger partial charge in [0.05, 0.1) is 6.61 Å². The van der Waals surface area contributed by atoms with Crippen LogP contribution in [-0.2, 0) is 6.54 Å². The van der Waals surface area contributed by atoms with E-state index < -0.39 is 0 Å². The van der Waals surface area contributed by atoms with Crippen LogP contribution in [-0.4, -0.2) is 23.1 Å². The van der Waals surface area contributed by atoms with Crippen molar-refractivity contribution in [1.82, 2.24) is 9.97 Å². The first kappa shape index (κ1) is 21.8. The smallest absolute Gasteiger partial charge is 0.225 e. The van der Waals surface area contributed by atoms with Gasteiger partial charge in [0.15, 0.2) is 0 Å². The average Bonchev–Trinajstić information content (AvgIpc) is 2.68. The molecule has 2 aromatic carbocycles. The molecule has 148 valence electrons. The van der Waals surface area contributed by atoms with Gasteiger partial charge >= 0.3 is 0 Å². The third-order valence-electron chi connectivity index (χ3n) is 3.86. The van der Waals surface area contributed by atoms with Crippen LogP contribution in [0, 0.1) is 6.92 Å². The van der Waals surface area contributed by atoms with Gasteiger partial charge in [-0.3, -0.25) is 0 Å². The van der Waals surface area contributed by atoms with Crippen molar-refractivity contribution >= 4 is 35.8 Å². The van der Waals surface area contributed by atoms with Crippen molar-refractivity contribution in [2.45, 2.75) is 19.9 Å². The van der Waals surface area contributed by atoms with Gasteiger partial charge in [-0.1, -0.05) is 41.9 Å². The number of halogens is 2. The number of ether oxygens (including phenoxy) is 1. The standard InChI is InChI=1S/C21H23ClN4O.ClH/c1-16-14-20(23-12-5-13-27-19-10-8-18(22)9-11-19)26-21(25-16)24-15-17-6-3-2-4-7-17;/h2-4,6-11,14H,5,12-13,15H2,1H3,(H2,23,24,25,26);1H. The molecule has 7 heteroatoms. The van der Waals surface area contributed by atoms with Crippen molar-refractivity contribution in [3.8, 4) is 5.75 Å². The van der Waals surface area contributed by atoms with Crippen molar-refractivity contribution < 1.29 is 4.74 Å². The molecule has 0 saturated heterocycles. The van der Waals surface area contributed by atoms with Crippen LogP contribution in [0.25, 0.3) is 0 Å². The maximum Gasteiger partial charge on any atom is 0.225 e. The summed E-state index contributed by atoms with van der Waals surface area (Å²) in [6.45, 7) is 4.04. The Labute approximate surface area is 176 Å². The molecule has 0 aliphatic carbocycles. The Balaban J connectivity index is 0.00000280. The predicted octanol–water partition coefficient (Wildman–Crippen LogP) is 5.35. The summed E-state index contributed by atoms with van der Waals surface area (Å²) in [4.78, 5) is 8.97. The Morgan fingerprint density at radius 1 is 0.964 bits per heavy atom. The predicted molar refractivity (Wildman–Crippen MR) is 118 cm³/mol. The van der Waals surface area contributed by atoms with Crippen LogP contribution in [0.2, 0.25) is 5.02 Å². The zero-order valence-electron chi connectivity index (χ0n) is 15.7. The molecule has 1 heterocycles. The molecule has 0 fully saturated rings. The number of aryl methyl sites for hydroxylation is 1. The van der Waals surface area contributed by atoms with Crippen molar-refractivity contribution in [2.75, 3.05) is 23.8 Å². The first-order chi connectivity index (χ1) is 13.2. The molecular weight excluding hydrogens is 395 g/mol. The molecule has 1 aromatic heterocycles. The third kappa shape index (κ3) is 7.25. The van der Waals surface area contributed by atoms with Gasteiger partial charge in [-0.05, 0) is 43.2 Å². The molecule has 28 heavy (non-hydrogen) atoms. The summed E-state index contributed by atoms with van der Waals surface area (Å²) in [5.74, 6) is 2.26. The first-order valence-corrected chi connectivity index (χ1v) is 9.32. The highest BCUT2D eigenvalue weighted by Gasteiger charge is 2.02. The summed E-state index contributed by atoms with van der Waals surface area (Å²) in [5, 5.41) is 7.31. The van der Waals surface area contributed by atoms with Crippen molar-refractivity contribution in [3.63, 3.8) is 0 Å². The minimum atomic E-state index is 0. The second-order valence-electron chi connectivity index (χ2n) is 6.14. The molecule has 0 radical (unpaired) electrons. The van der Waals surface area contributed by atoms with Crippen LogP contribution in [0.3, 0.4) is 0 Å². The second kappa shape index (κ2) is 11.4. The number of nitrogens with one attached hydrogen (secondary N) is 2. The van der Waals surface area contributed by atoms with Gasteiger partial charge in [-0.25, -0.2) is 4.98 Å². The van der Waals surface area contributed by atoms with E-state index in [4.69, 9.17) is 16.3 Å². The molecule has 2 N–H and O–H groups in total. The van der Waals surface area contributed by atoms with E-state index in [-0.39, 0.29) is 12.4 Å². The zero-order chi connectivity index (χ0) is 18.9. The average molecular weight is 419 g/mol. The van der Waals surface area contributed by atoms with Crippen LogP contribution in [0.1, 0.15) is 17.7 Å². The number of anilines is 2. The molecule has 3 rings (SSSR count). The van der Waals surface area contributed by atoms with E-state index in [9.17, 15) is 0 Å². The summed E-state index contributed by atoms with van der Waals surface area (Å²) < 4.78 is 5.69. The molecule has 0 aliphatic heterocycles. The number of aromatic nitrogens is 2. The van der Waals surface area contributed by atoms with Crippen molar-refractivity contribution in [1.29, 1.82) is 0 Å². The van der Waals surface area contributed by atoms with Crippen molar-refractivity contribution in [2.24, 2.45) is 0 Å². The van der Waals surface area contributed by atoms with E-state index in [2.05, 4.69) is 32.7 Å². The molecule has 0 amide bonds. The molecule has 0 unspecified atom stereocenters. The molecule has 5 nitrogen and oxygen atoms in total. The highest BCUT2D eigenvalue weighted by molar-refractivity contribution is 6.30. The van der Waals surface area contributed by atoms with Crippen LogP contribution >= 0.6 is 24.0 Å². The highest BCUT2D eigenvalue weighted by Crippen LogP contribution is 2.16. The molecule has 0 atom stereocenters. The van der Waals surface area contributed by atoms with E-state index in [0.29, 0.717) is 24.1 Å². The summed E-state index contributed by atoms with van der Waals surface area (Å²) in [5.41, 5.74) is 2.11. The lowest BCUT2D eigenvalue weighted by Crippen LogP contribution is -2.11. The molecule has 3 aromatic rings. The molecule has 0 bridgehead atoms. The van der Waals surface area contributed by atoms with Gasteiger partial charge < -0.3 is 15.4 Å². The van der Waals surface area contributed by atoms with Gasteiger partial charge in [0.1, 0.15) is 11.6 Å². The Morgan fingerprint density at radius 3 is 2.46 bits per heavy atom. The summed E-state index contributed by atoms with van der Waals surface area (Å²) in [6.07, 6.45) is 0.860. The van der Waals surface area contributed by atoms with Crippen LogP contribution in [0.5, 0.6) is 5.75 Å². The minimum Gasteiger partial charge on any atom is -0.494 e. The second-order valence-corrected chi connectivity index (χ2v) is 6.58. The first-order valence-electron chi connectivity index (χ1n) is 8.95. The highest BCUT2D eigenvalue weighted by atomic mass is 35.5. The van der Waals surface area contributed by atoms with Gasteiger partial charge in [0.25, 0.3) is 0 Å². The number of hydrogen-bond acceptors (Lipinski definition) is 5. The Morgan fingerprint density at radius 2 is 1.71 bits per heavy atom. The van der Waals surface area contributed by atoms with E-state index in [1.54, 1.807) is 0 Å². The van der Waals surface area contributed by atoms with E-state index >= 15 is 0 Å². The lowest BCUT2D eigenvalue weighted by atomic mass is 10.2. The summed E-state index contributed by atoms with van der Waals surface area (Å²) in [7, 11) is 0. The van der Waals surface area contributed by atoms with Crippen LogP contribution in [0.15, 0.2) is 60.7 Å². The Bertz CT molecular complexity index is 845. The van der Waals surface area contributed by atoms with Crippen molar-refractivity contribution in [3.05, 3.63) is 76.9 Å². The van der Waals surface area contributed by atoms with Gasteiger partial charge in [0.2, 0.25) is 5.95 Å². The monoisotopic (exact) mass is 418 g/mol. The van der Waals surface area contributed by atoms with Crippen LogP contribution in [0.4, 0.5) is 11.8 Å². The lowest BCUT2D eigenvalue weighted by Gasteiger charge is -2.10. The molecule has 0 spiro atoms. The van der Waals surface area contributed by atoms with Gasteiger partial charge in [-0.2, -0.15) is 4.98 Å². The SMILES string of the molecule is Cc1cc(NCCCOc2ccc(Cl)cc2)nc(NCc2ccccc2)n1.Cl. The van der Waals surface area contributed by atoms with Gasteiger partial charge in [0, 0.05) is 29.9 Å². The number of nitrogens with zero attached hydrogens (tertiary/aromatic N) is 2. The molecule has 0 aliphatic rings. The third-order valence-corrected chi connectivity index (χ3v) is 4.11. The molecule has 0 saturated carbocycles. The van der Waals surface area contributed by atoms with E-state index in [1.807, 2.05) is 55.5 Å². The topological polar surface area (TPSA) is 59.1 Å². The Kier molecular flexibility index (Phi) is 8.85. The normalized spacial score (nSPS) is 10.1. The summed E-state index contributed by atoms with van der Waals surface area (Å²) >= 11 is 5.86. The largest absolute Gasteiger partial charge is 0.494 e. The fourth-order valence-electron chi connectivity index (χ4n) is 2.52. The maximum absolute atomic E-state index is 5.86. The number of benzene rings is 2. The summed E-state index contributed by atoms with van der Waals surface area (Å²) in [6, 6.07) is 19.5. The van der Waals surface area contributed by atoms with E-state index in [0.717, 1.165) is 30.2 Å². The van der Waals surface area contributed by atoms with E-state index in [1.165, 1.54) is 5.56 Å². The molecular formula is C21H24Cl2N4O. The quantitative estimate of drug-likeness (QED) is 0.458. The van der Waals surface area contributed by atoms with Crippen LogP contribution < -0.4 is 15.4 Å².